The van der Waals surface area contributed by atoms with E-state index in [0.29, 0.717) is 0 Å². The van der Waals surface area contributed by atoms with Gasteiger partial charge in [0.1, 0.15) is 0 Å². The molecule has 7 aromatic rings. The number of hydrogen-bond donors (Lipinski definition) is 0. The van der Waals surface area contributed by atoms with Gasteiger partial charge in [0.2, 0.25) is 0 Å². The van der Waals surface area contributed by atoms with Crippen molar-refractivity contribution >= 4 is 95.1 Å². The second-order valence-electron chi connectivity index (χ2n) is 7.47. The van der Waals surface area contributed by atoms with Crippen LogP contribution in [0.15, 0.2) is 66.7 Å². The van der Waals surface area contributed by atoms with Crippen molar-refractivity contribution in [3.8, 4) is 10.4 Å². The van der Waals surface area contributed by atoms with Crippen LogP contribution in [0.25, 0.3) is 60.2 Å². The van der Waals surface area contributed by atoms with E-state index < -0.39 is 0 Å². The quantitative estimate of drug-likeness (QED) is 0.237. The number of aryl methyl sites for hydroxylation is 1. The van der Waals surface area contributed by atoms with Gasteiger partial charge in [0.15, 0.2) is 0 Å². The van der Waals surface area contributed by atoms with Crippen LogP contribution >= 0.6 is 45.3 Å². The third-order valence-electron chi connectivity index (χ3n) is 5.54. The summed E-state index contributed by atoms with van der Waals surface area (Å²) in [6, 6.07) is 25.0. The average Bonchev–Trinajstić information content (AvgIpc) is 3.46. The summed E-state index contributed by atoms with van der Waals surface area (Å²) in [7, 11) is 0. The standard InChI is InChI=1S/C25H14S4/c1-13-7-15-9-22-17(11-20(15)26-13)24-25(28-22)18-12-21-16(10-23(18)29-24)8-19(27-21)14-5-3-2-4-6-14/h2-12H,1H3. The van der Waals surface area contributed by atoms with Gasteiger partial charge in [0, 0.05) is 39.3 Å². The molecule has 0 saturated heterocycles. The molecule has 3 aromatic carbocycles. The fourth-order valence-electron chi connectivity index (χ4n) is 4.20. The van der Waals surface area contributed by atoms with Crippen LogP contribution in [0.5, 0.6) is 0 Å². The largest absolute Gasteiger partial charge is 0.141 e. The van der Waals surface area contributed by atoms with Crippen LogP contribution in [0.4, 0.5) is 0 Å². The normalized spacial score (nSPS) is 12.3. The zero-order chi connectivity index (χ0) is 19.1. The predicted octanol–water partition coefficient (Wildman–Crippen LogP) is 9.67. The zero-order valence-corrected chi connectivity index (χ0v) is 18.7. The fourth-order valence-corrected chi connectivity index (χ4v) is 8.93. The maximum absolute atomic E-state index is 2.42. The number of fused-ring (bicyclic) bond motifs is 7. The van der Waals surface area contributed by atoms with E-state index >= 15 is 0 Å². The van der Waals surface area contributed by atoms with E-state index in [0.717, 1.165) is 0 Å². The van der Waals surface area contributed by atoms with E-state index in [2.05, 4.69) is 73.7 Å². The second-order valence-corrected chi connectivity index (χ2v) is 11.9. The summed E-state index contributed by atoms with van der Waals surface area (Å²) in [4.78, 5) is 2.74. The SMILES string of the molecule is Cc1cc2cc3sc4c5cc6sc(-c7ccccc7)cc6cc5sc4c3cc2s1. The molecule has 0 radical (unpaired) electrons. The Balaban J connectivity index is 1.51. The summed E-state index contributed by atoms with van der Waals surface area (Å²) in [6.45, 7) is 2.20. The predicted molar refractivity (Wildman–Crippen MR) is 136 cm³/mol. The topological polar surface area (TPSA) is 0 Å². The van der Waals surface area contributed by atoms with Gasteiger partial charge < -0.3 is 0 Å². The summed E-state index contributed by atoms with van der Waals surface area (Å²) in [5.41, 5.74) is 1.31. The molecule has 4 heteroatoms. The minimum atomic E-state index is 1.31. The van der Waals surface area contributed by atoms with Gasteiger partial charge in [0.05, 0.1) is 9.40 Å². The Kier molecular flexibility index (Phi) is 3.36. The van der Waals surface area contributed by atoms with E-state index in [9.17, 15) is 0 Å². The molecule has 0 amide bonds. The first-order chi connectivity index (χ1) is 14.2. The van der Waals surface area contributed by atoms with Crippen LogP contribution in [0.2, 0.25) is 0 Å². The maximum Gasteiger partial charge on any atom is 0.0542 e. The van der Waals surface area contributed by atoms with Crippen LogP contribution in [-0.2, 0) is 0 Å². The lowest BCUT2D eigenvalue weighted by Crippen LogP contribution is -1.67. The Labute approximate surface area is 183 Å². The van der Waals surface area contributed by atoms with E-state index in [-0.39, 0.29) is 0 Å². The summed E-state index contributed by atoms with van der Waals surface area (Å²) in [5.74, 6) is 0. The van der Waals surface area contributed by atoms with Gasteiger partial charge in [-0.05, 0) is 59.7 Å². The van der Waals surface area contributed by atoms with Crippen molar-refractivity contribution in [3.63, 3.8) is 0 Å². The highest BCUT2D eigenvalue weighted by Crippen LogP contribution is 2.48. The van der Waals surface area contributed by atoms with Gasteiger partial charge in [-0.15, -0.1) is 45.3 Å². The van der Waals surface area contributed by atoms with Crippen molar-refractivity contribution in [2.75, 3.05) is 0 Å². The smallest absolute Gasteiger partial charge is 0.0542 e. The second kappa shape index (κ2) is 5.89. The molecule has 0 fully saturated rings. The van der Waals surface area contributed by atoms with Crippen molar-refractivity contribution < 1.29 is 0 Å². The van der Waals surface area contributed by atoms with Gasteiger partial charge in [0.25, 0.3) is 0 Å². The fraction of sp³-hybridized carbons (Fsp3) is 0.0400. The molecular formula is C25H14S4. The Morgan fingerprint density at radius 3 is 1.86 bits per heavy atom. The number of benzene rings is 3. The van der Waals surface area contributed by atoms with E-state index in [1.807, 2.05) is 45.3 Å². The van der Waals surface area contributed by atoms with Crippen LogP contribution in [0, 0.1) is 6.92 Å². The first kappa shape index (κ1) is 16.5. The first-order valence-corrected chi connectivity index (χ1v) is 12.8. The van der Waals surface area contributed by atoms with Crippen LogP contribution < -0.4 is 0 Å². The summed E-state index contributed by atoms with van der Waals surface area (Å²) >= 11 is 7.71. The molecule has 0 aliphatic rings. The number of thiophene rings is 4. The Bertz CT molecular complexity index is 1700. The molecule has 0 atom stereocenters. The van der Waals surface area contributed by atoms with E-state index in [4.69, 9.17) is 0 Å². The molecule has 0 nitrogen and oxygen atoms in total. The van der Waals surface area contributed by atoms with Crippen molar-refractivity contribution in [2.24, 2.45) is 0 Å². The van der Waals surface area contributed by atoms with E-state index in [1.54, 1.807) is 0 Å². The summed E-state index contributed by atoms with van der Waals surface area (Å²) in [5, 5.41) is 5.58. The molecule has 4 heterocycles. The van der Waals surface area contributed by atoms with Gasteiger partial charge >= 0.3 is 0 Å². The highest BCUT2D eigenvalue weighted by Gasteiger charge is 2.15. The van der Waals surface area contributed by atoms with Crippen molar-refractivity contribution in [3.05, 3.63) is 71.6 Å². The molecule has 0 aliphatic heterocycles. The molecule has 0 unspecified atom stereocenters. The molecule has 4 aromatic heterocycles. The molecule has 0 spiro atoms. The first-order valence-electron chi connectivity index (χ1n) is 9.51. The van der Waals surface area contributed by atoms with Crippen molar-refractivity contribution in [2.45, 2.75) is 6.92 Å². The van der Waals surface area contributed by atoms with Crippen LogP contribution in [-0.4, -0.2) is 0 Å². The lowest BCUT2D eigenvalue weighted by molar-refractivity contribution is 1.66. The monoisotopic (exact) mass is 442 g/mol. The number of hydrogen-bond acceptors (Lipinski definition) is 4. The Hall–Kier alpha value is -2.24. The van der Waals surface area contributed by atoms with Gasteiger partial charge in [-0.2, -0.15) is 0 Å². The molecule has 0 saturated carbocycles. The van der Waals surface area contributed by atoms with Gasteiger partial charge in [-0.1, -0.05) is 30.3 Å². The number of rotatable bonds is 1. The van der Waals surface area contributed by atoms with Crippen molar-refractivity contribution in [1.29, 1.82) is 0 Å². The summed E-state index contributed by atoms with van der Waals surface area (Å²) < 4.78 is 8.50. The molecular weight excluding hydrogens is 429 g/mol. The lowest BCUT2D eigenvalue weighted by atomic mass is 10.1. The lowest BCUT2D eigenvalue weighted by Gasteiger charge is -1.93. The Morgan fingerprint density at radius 2 is 1.17 bits per heavy atom. The average molecular weight is 443 g/mol. The highest BCUT2D eigenvalue weighted by molar-refractivity contribution is 7.36. The third kappa shape index (κ3) is 2.41. The van der Waals surface area contributed by atoms with Crippen LogP contribution in [0.3, 0.4) is 0 Å². The molecule has 0 bridgehead atoms. The molecule has 0 aliphatic carbocycles. The zero-order valence-electron chi connectivity index (χ0n) is 15.5. The maximum atomic E-state index is 2.42. The molecule has 0 N–H and O–H groups in total. The van der Waals surface area contributed by atoms with E-state index in [1.165, 1.54) is 65.1 Å². The third-order valence-corrected chi connectivity index (χ3v) is 10.2. The summed E-state index contributed by atoms with van der Waals surface area (Å²) in [6.07, 6.45) is 0. The molecule has 7 rings (SSSR count). The molecule has 138 valence electrons. The minimum absolute atomic E-state index is 1.31. The molecule has 29 heavy (non-hydrogen) atoms. The van der Waals surface area contributed by atoms with Gasteiger partial charge in [-0.3, -0.25) is 0 Å². The van der Waals surface area contributed by atoms with Gasteiger partial charge in [-0.25, -0.2) is 0 Å². The van der Waals surface area contributed by atoms with Crippen LogP contribution in [0.1, 0.15) is 4.88 Å². The highest BCUT2D eigenvalue weighted by atomic mass is 32.1. The Morgan fingerprint density at radius 1 is 0.552 bits per heavy atom. The minimum Gasteiger partial charge on any atom is -0.141 e. The van der Waals surface area contributed by atoms with Crippen molar-refractivity contribution in [1.82, 2.24) is 0 Å².